The summed E-state index contributed by atoms with van der Waals surface area (Å²) in [5.41, 5.74) is 1.01. The number of carbonyl (C=O) groups is 1. The van der Waals surface area contributed by atoms with Crippen molar-refractivity contribution in [2.24, 2.45) is 0 Å². The molecule has 0 aliphatic rings. The number of amides is 1. The zero-order valence-electron chi connectivity index (χ0n) is 10.3. The van der Waals surface area contributed by atoms with Crippen molar-refractivity contribution in [2.75, 3.05) is 7.11 Å². The Morgan fingerprint density at radius 3 is 2.56 bits per heavy atom. The number of methoxy groups -OCH3 is 1. The molecule has 0 spiro atoms. The highest BCUT2D eigenvalue weighted by Gasteiger charge is 2.13. The van der Waals surface area contributed by atoms with E-state index in [0.717, 1.165) is 11.3 Å². The molecule has 18 heavy (non-hydrogen) atoms. The molecule has 0 bridgehead atoms. The first-order chi connectivity index (χ1) is 8.70. The molecule has 1 N–H and O–H groups in total. The summed E-state index contributed by atoms with van der Waals surface area (Å²) < 4.78 is 10.1. The van der Waals surface area contributed by atoms with E-state index < -0.39 is 0 Å². The Bertz CT molecular complexity index is 502. The predicted molar refractivity (Wildman–Crippen MR) is 67.6 cm³/mol. The van der Waals surface area contributed by atoms with Gasteiger partial charge in [0.05, 0.1) is 19.4 Å². The van der Waals surface area contributed by atoms with Gasteiger partial charge in [-0.3, -0.25) is 4.79 Å². The second-order valence-electron chi connectivity index (χ2n) is 3.95. The van der Waals surface area contributed by atoms with E-state index in [4.69, 9.17) is 9.15 Å². The lowest BCUT2D eigenvalue weighted by atomic mass is 10.1. The van der Waals surface area contributed by atoms with Crippen molar-refractivity contribution in [1.82, 2.24) is 5.32 Å². The topological polar surface area (TPSA) is 51.5 Å². The zero-order chi connectivity index (χ0) is 13.0. The molecule has 2 rings (SSSR count). The van der Waals surface area contributed by atoms with Gasteiger partial charge in [-0.15, -0.1) is 0 Å². The fourth-order valence-corrected chi connectivity index (χ4v) is 1.65. The number of hydrogen-bond acceptors (Lipinski definition) is 3. The first-order valence-electron chi connectivity index (χ1n) is 5.69. The van der Waals surface area contributed by atoms with Crippen LogP contribution in [0.4, 0.5) is 0 Å². The Balaban J connectivity index is 2.02. The van der Waals surface area contributed by atoms with Crippen LogP contribution in [0.25, 0.3) is 0 Å². The largest absolute Gasteiger partial charge is 0.497 e. The minimum absolute atomic E-state index is 0.0893. The molecule has 4 heteroatoms. The van der Waals surface area contributed by atoms with Gasteiger partial charge in [0.25, 0.3) is 5.91 Å². The fraction of sp³-hybridized carbons (Fsp3) is 0.214. The highest BCUT2D eigenvalue weighted by Crippen LogP contribution is 2.17. The van der Waals surface area contributed by atoms with Gasteiger partial charge in [-0.2, -0.15) is 0 Å². The summed E-state index contributed by atoms with van der Waals surface area (Å²) in [5, 5.41) is 2.86. The van der Waals surface area contributed by atoms with Crippen molar-refractivity contribution in [2.45, 2.75) is 13.0 Å². The third-order valence-corrected chi connectivity index (χ3v) is 2.71. The molecule has 1 aromatic heterocycles. The predicted octanol–water partition coefficient (Wildman–Crippen LogP) is 2.78. The average molecular weight is 245 g/mol. The summed E-state index contributed by atoms with van der Waals surface area (Å²) in [6, 6.07) is 10.8. The van der Waals surface area contributed by atoms with Gasteiger partial charge in [-0.05, 0) is 36.8 Å². The van der Waals surface area contributed by atoms with Crippen molar-refractivity contribution >= 4 is 5.91 Å². The third kappa shape index (κ3) is 2.71. The number of carbonyl (C=O) groups excluding carboxylic acids is 1. The SMILES string of the molecule is COc1ccc(C(C)NC(=O)c2ccco2)cc1. The molecule has 0 aliphatic carbocycles. The number of hydrogen-bond donors (Lipinski definition) is 1. The quantitative estimate of drug-likeness (QED) is 0.901. The molecule has 0 fully saturated rings. The summed E-state index contributed by atoms with van der Waals surface area (Å²) in [6.45, 7) is 1.92. The first-order valence-corrected chi connectivity index (χ1v) is 5.69. The van der Waals surface area contributed by atoms with Crippen LogP contribution in [0.5, 0.6) is 5.75 Å². The Kier molecular flexibility index (Phi) is 3.67. The number of furan rings is 1. The molecule has 0 radical (unpaired) electrons. The van der Waals surface area contributed by atoms with Gasteiger partial charge in [0.15, 0.2) is 5.76 Å². The highest BCUT2D eigenvalue weighted by atomic mass is 16.5. The molecule has 2 aromatic rings. The molecule has 1 heterocycles. The maximum atomic E-state index is 11.8. The maximum absolute atomic E-state index is 11.8. The van der Waals surface area contributed by atoms with E-state index in [2.05, 4.69) is 5.32 Å². The van der Waals surface area contributed by atoms with Crippen LogP contribution in [0.1, 0.15) is 29.1 Å². The molecule has 1 atom stereocenters. The van der Waals surface area contributed by atoms with Gasteiger partial charge in [0, 0.05) is 0 Å². The summed E-state index contributed by atoms with van der Waals surface area (Å²) in [5.74, 6) is 0.891. The lowest BCUT2D eigenvalue weighted by Crippen LogP contribution is -2.26. The minimum Gasteiger partial charge on any atom is -0.497 e. The molecule has 1 amide bonds. The average Bonchev–Trinajstić information content (AvgIpc) is 2.92. The summed E-state index contributed by atoms with van der Waals surface area (Å²) in [4.78, 5) is 11.8. The lowest BCUT2D eigenvalue weighted by molar-refractivity contribution is 0.0912. The maximum Gasteiger partial charge on any atom is 0.287 e. The lowest BCUT2D eigenvalue weighted by Gasteiger charge is -2.13. The van der Waals surface area contributed by atoms with E-state index in [1.165, 1.54) is 6.26 Å². The molecular formula is C14H15NO3. The van der Waals surface area contributed by atoms with Crippen LogP contribution in [-0.2, 0) is 0 Å². The summed E-state index contributed by atoms with van der Waals surface area (Å²) in [6.07, 6.45) is 1.48. The van der Waals surface area contributed by atoms with E-state index in [-0.39, 0.29) is 11.9 Å². The van der Waals surface area contributed by atoms with E-state index in [0.29, 0.717) is 5.76 Å². The van der Waals surface area contributed by atoms with Gasteiger partial charge in [-0.25, -0.2) is 0 Å². The molecule has 1 aromatic carbocycles. The number of rotatable bonds is 4. The second kappa shape index (κ2) is 5.40. The Hall–Kier alpha value is -2.23. The second-order valence-corrected chi connectivity index (χ2v) is 3.95. The van der Waals surface area contributed by atoms with Crippen LogP contribution in [0.2, 0.25) is 0 Å². The van der Waals surface area contributed by atoms with E-state index in [1.54, 1.807) is 19.2 Å². The third-order valence-electron chi connectivity index (χ3n) is 2.71. The highest BCUT2D eigenvalue weighted by molar-refractivity contribution is 5.91. The zero-order valence-corrected chi connectivity index (χ0v) is 10.3. The van der Waals surface area contributed by atoms with Crippen molar-refractivity contribution in [3.05, 3.63) is 54.0 Å². The van der Waals surface area contributed by atoms with Gasteiger partial charge in [-0.1, -0.05) is 12.1 Å². The first kappa shape index (κ1) is 12.2. The molecule has 0 saturated heterocycles. The number of benzene rings is 1. The van der Waals surface area contributed by atoms with Crippen molar-refractivity contribution in [3.63, 3.8) is 0 Å². The van der Waals surface area contributed by atoms with Crippen LogP contribution >= 0.6 is 0 Å². The Labute approximate surface area is 106 Å². The smallest absolute Gasteiger partial charge is 0.287 e. The van der Waals surface area contributed by atoms with Crippen molar-refractivity contribution in [3.8, 4) is 5.75 Å². The Morgan fingerprint density at radius 1 is 1.28 bits per heavy atom. The Morgan fingerprint density at radius 2 is 2.00 bits per heavy atom. The van der Waals surface area contributed by atoms with Gasteiger partial charge < -0.3 is 14.5 Å². The molecular weight excluding hydrogens is 230 g/mol. The van der Waals surface area contributed by atoms with Crippen LogP contribution in [0.15, 0.2) is 47.1 Å². The van der Waals surface area contributed by atoms with Crippen LogP contribution in [0.3, 0.4) is 0 Å². The number of ether oxygens (including phenoxy) is 1. The van der Waals surface area contributed by atoms with Crippen molar-refractivity contribution in [1.29, 1.82) is 0 Å². The van der Waals surface area contributed by atoms with E-state index in [1.807, 2.05) is 31.2 Å². The summed E-state index contributed by atoms with van der Waals surface area (Å²) >= 11 is 0. The van der Waals surface area contributed by atoms with E-state index in [9.17, 15) is 4.79 Å². The normalized spacial score (nSPS) is 11.9. The fourth-order valence-electron chi connectivity index (χ4n) is 1.65. The van der Waals surface area contributed by atoms with Crippen LogP contribution < -0.4 is 10.1 Å². The van der Waals surface area contributed by atoms with Crippen LogP contribution in [-0.4, -0.2) is 13.0 Å². The molecule has 4 nitrogen and oxygen atoms in total. The van der Waals surface area contributed by atoms with Gasteiger partial charge in [0.1, 0.15) is 5.75 Å². The molecule has 0 aliphatic heterocycles. The molecule has 1 unspecified atom stereocenters. The molecule has 0 saturated carbocycles. The van der Waals surface area contributed by atoms with Gasteiger partial charge in [0.2, 0.25) is 0 Å². The van der Waals surface area contributed by atoms with Crippen molar-refractivity contribution < 1.29 is 13.9 Å². The summed E-state index contributed by atoms with van der Waals surface area (Å²) in [7, 11) is 1.62. The number of nitrogens with one attached hydrogen (secondary N) is 1. The molecule has 94 valence electrons. The standard InChI is InChI=1S/C14H15NO3/c1-10(11-5-7-12(17-2)8-6-11)15-14(16)13-4-3-9-18-13/h3-10H,1-2H3,(H,15,16). The van der Waals surface area contributed by atoms with E-state index >= 15 is 0 Å². The minimum atomic E-state index is -0.219. The monoisotopic (exact) mass is 245 g/mol. The van der Waals surface area contributed by atoms with Crippen LogP contribution in [0, 0.1) is 0 Å². The van der Waals surface area contributed by atoms with Gasteiger partial charge >= 0.3 is 0 Å².